The third-order valence-corrected chi connectivity index (χ3v) is 5.31. The van der Waals surface area contributed by atoms with Crippen LogP contribution in [0, 0.1) is 5.92 Å². The van der Waals surface area contributed by atoms with Crippen LogP contribution in [-0.4, -0.2) is 49.8 Å². The topological polar surface area (TPSA) is 50.8 Å². The maximum Gasteiger partial charge on any atom is 0.248 e. The first kappa shape index (κ1) is 18.2. The van der Waals surface area contributed by atoms with Gasteiger partial charge in [0.05, 0.1) is 6.10 Å². The molecule has 1 saturated carbocycles. The van der Waals surface area contributed by atoms with Crippen molar-refractivity contribution in [2.45, 2.75) is 51.4 Å². The quantitative estimate of drug-likeness (QED) is 0.786. The first-order valence-electron chi connectivity index (χ1n) is 9.42. The van der Waals surface area contributed by atoms with Crippen molar-refractivity contribution >= 4 is 5.91 Å². The monoisotopic (exact) mass is 346 g/mol. The zero-order valence-electron chi connectivity index (χ0n) is 15.4. The van der Waals surface area contributed by atoms with Gasteiger partial charge in [0.15, 0.2) is 0 Å². The van der Waals surface area contributed by atoms with E-state index in [1.807, 2.05) is 0 Å². The molecule has 5 heteroatoms. The Kier molecular flexibility index (Phi) is 6.32. The van der Waals surface area contributed by atoms with Gasteiger partial charge in [0.2, 0.25) is 5.91 Å². The molecule has 1 aromatic rings. The third kappa shape index (κ3) is 5.19. The van der Waals surface area contributed by atoms with Gasteiger partial charge in [-0.05, 0) is 69.3 Å². The number of amides is 1. The van der Waals surface area contributed by atoms with Crippen molar-refractivity contribution in [1.29, 1.82) is 0 Å². The lowest BCUT2D eigenvalue weighted by Gasteiger charge is -2.35. The molecule has 25 heavy (non-hydrogen) atoms. The second-order valence-electron chi connectivity index (χ2n) is 7.33. The lowest BCUT2D eigenvalue weighted by Crippen LogP contribution is -2.43. The molecule has 1 atom stereocenters. The van der Waals surface area contributed by atoms with Crippen molar-refractivity contribution in [2.75, 3.05) is 26.7 Å². The SMILES string of the molecule is COC(C)C(=O)NCC1CC(Oc2ccc(CN3CCCC3)cc2)C1. The highest BCUT2D eigenvalue weighted by molar-refractivity contribution is 5.80. The van der Waals surface area contributed by atoms with E-state index in [2.05, 4.69) is 34.5 Å². The van der Waals surface area contributed by atoms with Crippen molar-refractivity contribution in [3.05, 3.63) is 29.8 Å². The number of hydrogen-bond donors (Lipinski definition) is 1. The number of nitrogens with zero attached hydrogens (tertiary/aromatic N) is 1. The van der Waals surface area contributed by atoms with Gasteiger partial charge in [-0.25, -0.2) is 0 Å². The van der Waals surface area contributed by atoms with Gasteiger partial charge in [-0.15, -0.1) is 0 Å². The Morgan fingerprint density at radius 3 is 2.56 bits per heavy atom. The van der Waals surface area contributed by atoms with E-state index in [-0.39, 0.29) is 18.1 Å². The molecular weight excluding hydrogens is 316 g/mol. The summed E-state index contributed by atoms with van der Waals surface area (Å²) in [6, 6.07) is 8.52. The van der Waals surface area contributed by atoms with Crippen LogP contribution in [0.15, 0.2) is 24.3 Å². The number of methoxy groups -OCH3 is 1. The lowest BCUT2D eigenvalue weighted by molar-refractivity contribution is -0.130. The molecular formula is C20H30N2O3. The Morgan fingerprint density at radius 2 is 1.92 bits per heavy atom. The molecule has 0 aromatic heterocycles. The molecule has 1 amide bonds. The molecule has 5 nitrogen and oxygen atoms in total. The minimum atomic E-state index is -0.383. The number of carbonyl (C=O) groups is 1. The zero-order valence-corrected chi connectivity index (χ0v) is 15.4. The first-order valence-corrected chi connectivity index (χ1v) is 9.42. The fourth-order valence-electron chi connectivity index (χ4n) is 3.50. The Balaban J connectivity index is 1.34. The highest BCUT2D eigenvalue weighted by atomic mass is 16.5. The summed E-state index contributed by atoms with van der Waals surface area (Å²) in [5.74, 6) is 1.42. The summed E-state index contributed by atoms with van der Waals surface area (Å²) in [5.41, 5.74) is 1.36. The van der Waals surface area contributed by atoms with Crippen LogP contribution in [0.2, 0.25) is 0 Å². The Labute approximate surface area is 150 Å². The van der Waals surface area contributed by atoms with E-state index in [0.717, 1.165) is 25.1 Å². The van der Waals surface area contributed by atoms with E-state index < -0.39 is 0 Å². The summed E-state index contributed by atoms with van der Waals surface area (Å²) in [6.45, 7) is 5.96. The average Bonchev–Trinajstić information content (AvgIpc) is 3.10. The van der Waals surface area contributed by atoms with Gasteiger partial charge < -0.3 is 14.8 Å². The number of rotatable bonds is 8. The van der Waals surface area contributed by atoms with Gasteiger partial charge in [0.1, 0.15) is 11.9 Å². The van der Waals surface area contributed by atoms with Crippen LogP contribution in [0.4, 0.5) is 0 Å². The molecule has 1 unspecified atom stereocenters. The largest absolute Gasteiger partial charge is 0.490 e. The van der Waals surface area contributed by atoms with Crippen LogP contribution in [0.25, 0.3) is 0 Å². The Morgan fingerprint density at radius 1 is 1.24 bits per heavy atom. The minimum absolute atomic E-state index is 0.0412. The van der Waals surface area contributed by atoms with Crippen LogP contribution < -0.4 is 10.1 Å². The number of ether oxygens (including phenoxy) is 2. The number of nitrogens with one attached hydrogen (secondary N) is 1. The summed E-state index contributed by atoms with van der Waals surface area (Å²) < 4.78 is 11.0. The molecule has 1 aliphatic heterocycles. The van der Waals surface area contributed by atoms with E-state index in [9.17, 15) is 4.79 Å². The van der Waals surface area contributed by atoms with Crippen molar-refractivity contribution in [1.82, 2.24) is 10.2 Å². The van der Waals surface area contributed by atoms with E-state index in [0.29, 0.717) is 12.5 Å². The molecule has 138 valence electrons. The fraction of sp³-hybridized carbons (Fsp3) is 0.650. The van der Waals surface area contributed by atoms with Gasteiger partial charge in [0.25, 0.3) is 0 Å². The zero-order chi connectivity index (χ0) is 17.6. The number of hydrogen-bond acceptors (Lipinski definition) is 4. The molecule has 2 aliphatic rings. The molecule has 3 rings (SSSR count). The molecule has 0 radical (unpaired) electrons. The van der Waals surface area contributed by atoms with Crippen LogP contribution in [-0.2, 0) is 16.1 Å². The summed E-state index contributed by atoms with van der Waals surface area (Å²) in [4.78, 5) is 14.2. The maximum atomic E-state index is 11.7. The predicted octanol–water partition coefficient (Wildman–Crippen LogP) is 2.59. The Bertz CT molecular complexity index is 549. The van der Waals surface area contributed by atoms with Crippen molar-refractivity contribution < 1.29 is 14.3 Å². The normalized spacial score (nSPS) is 24.6. The highest BCUT2D eigenvalue weighted by Crippen LogP contribution is 2.31. The fourth-order valence-corrected chi connectivity index (χ4v) is 3.50. The third-order valence-electron chi connectivity index (χ3n) is 5.31. The molecule has 1 N–H and O–H groups in total. The highest BCUT2D eigenvalue weighted by Gasteiger charge is 2.31. The van der Waals surface area contributed by atoms with Crippen LogP contribution in [0.5, 0.6) is 5.75 Å². The van der Waals surface area contributed by atoms with Gasteiger partial charge in [-0.3, -0.25) is 9.69 Å². The first-order chi connectivity index (χ1) is 12.1. The molecule has 1 heterocycles. The molecule has 1 aliphatic carbocycles. The molecule has 1 aromatic carbocycles. The molecule has 1 saturated heterocycles. The second kappa shape index (κ2) is 8.68. The molecule has 2 fully saturated rings. The lowest BCUT2D eigenvalue weighted by atomic mass is 9.82. The van der Waals surface area contributed by atoms with E-state index in [1.54, 1.807) is 14.0 Å². The summed E-state index contributed by atoms with van der Waals surface area (Å²) >= 11 is 0. The van der Waals surface area contributed by atoms with E-state index in [1.165, 1.54) is 31.5 Å². The van der Waals surface area contributed by atoms with Gasteiger partial charge in [-0.1, -0.05) is 12.1 Å². The predicted molar refractivity (Wildman–Crippen MR) is 97.6 cm³/mol. The number of carbonyl (C=O) groups excluding carboxylic acids is 1. The smallest absolute Gasteiger partial charge is 0.248 e. The van der Waals surface area contributed by atoms with E-state index >= 15 is 0 Å². The molecule has 0 bridgehead atoms. The standard InChI is InChI=1S/C20H30N2O3/c1-15(24-2)20(23)21-13-17-11-19(12-17)25-18-7-5-16(6-8-18)14-22-9-3-4-10-22/h5-8,15,17,19H,3-4,9-14H2,1-2H3,(H,21,23). The second-order valence-corrected chi connectivity index (χ2v) is 7.33. The van der Waals surface area contributed by atoms with Gasteiger partial charge >= 0.3 is 0 Å². The van der Waals surface area contributed by atoms with Gasteiger partial charge in [-0.2, -0.15) is 0 Å². The van der Waals surface area contributed by atoms with Crippen molar-refractivity contribution in [3.63, 3.8) is 0 Å². The van der Waals surface area contributed by atoms with Gasteiger partial charge in [0, 0.05) is 20.2 Å². The van der Waals surface area contributed by atoms with Crippen molar-refractivity contribution in [2.24, 2.45) is 5.92 Å². The number of likely N-dealkylation sites (tertiary alicyclic amines) is 1. The summed E-state index contributed by atoms with van der Waals surface area (Å²) in [7, 11) is 1.55. The average molecular weight is 346 g/mol. The Hall–Kier alpha value is -1.59. The van der Waals surface area contributed by atoms with Crippen molar-refractivity contribution in [3.8, 4) is 5.75 Å². The van der Waals surface area contributed by atoms with E-state index in [4.69, 9.17) is 9.47 Å². The maximum absolute atomic E-state index is 11.7. The van der Waals surface area contributed by atoms with Crippen LogP contribution in [0.1, 0.15) is 38.2 Å². The summed E-state index contributed by atoms with van der Waals surface area (Å²) in [5, 5.41) is 2.94. The minimum Gasteiger partial charge on any atom is -0.490 e. The number of benzene rings is 1. The molecule has 0 spiro atoms. The van der Waals surface area contributed by atoms with Crippen LogP contribution >= 0.6 is 0 Å². The van der Waals surface area contributed by atoms with Crippen LogP contribution in [0.3, 0.4) is 0 Å². The summed E-state index contributed by atoms with van der Waals surface area (Å²) in [6.07, 6.45) is 4.54.